The number of nitrogens with one attached hydrogen (secondary N) is 1. The van der Waals surface area contributed by atoms with Crippen molar-refractivity contribution in [1.82, 2.24) is 14.5 Å². The van der Waals surface area contributed by atoms with Crippen molar-refractivity contribution in [2.75, 3.05) is 18.4 Å². The van der Waals surface area contributed by atoms with Crippen molar-refractivity contribution in [3.05, 3.63) is 70.5 Å². The molecule has 0 aliphatic carbocycles. The van der Waals surface area contributed by atoms with Gasteiger partial charge in [0.2, 0.25) is 5.91 Å². The van der Waals surface area contributed by atoms with Crippen LogP contribution in [0.25, 0.3) is 10.9 Å². The molecule has 0 aliphatic heterocycles. The van der Waals surface area contributed by atoms with Gasteiger partial charge in [0.05, 0.1) is 17.2 Å². The summed E-state index contributed by atoms with van der Waals surface area (Å²) in [6.07, 6.45) is 1.21. The molecule has 0 spiro atoms. The predicted octanol–water partition coefficient (Wildman–Crippen LogP) is 2.66. The molecule has 0 saturated carbocycles. The second-order valence-electron chi connectivity index (χ2n) is 6.45. The van der Waals surface area contributed by atoms with Crippen molar-refractivity contribution in [2.24, 2.45) is 0 Å². The maximum atomic E-state index is 13.3. The molecular formula is C21H21FN4O3. The topological polar surface area (TPSA) is 84.3 Å². The van der Waals surface area contributed by atoms with Crippen molar-refractivity contribution in [3.8, 4) is 0 Å². The second kappa shape index (κ2) is 8.64. The monoisotopic (exact) mass is 396 g/mol. The first-order valence-electron chi connectivity index (χ1n) is 9.26. The molecule has 7 nitrogen and oxygen atoms in total. The third-order valence-corrected chi connectivity index (χ3v) is 4.55. The molecule has 0 atom stereocenters. The highest BCUT2D eigenvalue weighted by Crippen LogP contribution is 2.13. The Morgan fingerprint density at radius 3 is 2.62 bits per heavy atom. The van der Waals surface area contributed by atoms with Crippen LogP contribution in [0.5, 0.6) is 0 Å². The van der Waals surface area contributed by atoms with Gasteiger partial charge in [0.25, 0.3) is 11.5 Å². The quantitative estimate of drug-likeness (QED) is 0.694. The molecule has 8 heteroatoms. The smallest absolute Gasteiger partial charge is 0.261 e. The van der Waals surface area contributed by atoms with E-state index >= 15 is 0 Å². The first-order chi connectivity index (χ1) is 13.9. The highest BCUT2D eigenvalue weighted by Gasteiger charge is 2.14. The number of anilines is 1. The van der Waals surface area contributed by atoms with Crippen LogP contribution in [-0.4, -0.2) is 39.4 Å². The summed E-state index contributed by atoms with van der Waals surface area (Å²) >= 11 is 0. The summed E-state index contributed by atoms with van der Waals surface area (Å²) in [4.78, 5) is 43.1. The van der Waals surface area contributed by atoms with Crippen LogP contribution >= 0.6 is 0 Å². The first-order valence-corrected chi connectivity index (χ1v) is 9.26. The molecule has 150 valence electrons. The van der Waals surface area contributed by atoms with Gasteiger partial charge in [-0.2, -0.15) is 0 Å². The molecule has 3 rings (SSSR count). The Balaban J connectivity index is 1.76. The van der Waals surface area contributed by atoms with E-state index in [1.54, 1.807) is 29.2 Å². The molecule has 0 radical (unpaired) electrons. The Labute approximate surface area is 166 Å². The minimum absolute atomic E-state index is 0.117. The number of halogens is 1. The first kappa shape index (κ1) is 20.2. The molecule has 1 N–H and O–H groups in total. The van der Waals surface area contributed by atoms with E-state index in [9.17, 15) is 18.8 Å². The predicted molar refractivity (Wildman–Crippen MR) is 108 cm³/mol. The number of benzene rings is 2. The fourth-order valence-electron chi connectivity index (χ4n) is 3.02. The molecule has 1 aromatic heterocycles. The molecule has 1 heterocycles. The van der Waals surface area contributed by atoms with E-state index in [4.69, 9.17) is 0 Å². The Kier molecular flexibility index (Phi) is 6.01. The van der Waals surface area contributed by atoms with Crippen LogP contribution in [0.4, 0.5) is 10.1 Å². The van der Waals surface area contributed by atoms with Crippen molar-refractivity contribution >= 4 is 28.4 Å². The minimum Gasteiger partial charge on any atom is -0.339 e. The number of hydrogen-bond donors (Lipinski definition) is 1. The lowest BCUT2D eigenvalue weighted by atomic mass is 10.1. The number of rotatable bonds is 6. The summed E-state index contributed by atoms with van der Waals surface area (Å²) in [5, 5.41) is 2.92. The number of amides is 2. The van der Waals surface area contributed by atoms with Gasteiger partial charge >= 0.3 is 0 Å². The molecular weight excluding hydrogens is 375 g/mol. The zero-order valence-electron chi connectivity index (χ0n) is 16.2. The molecule has 0 bridgehead atoms. The molecule has 3 aromatic rings. The van der Waals surface area contributed by atoms with Crippen molar-refractivity contribution in [3.63, 3.8) is 0 Å². The van der Waals surface area contributed by atoms with E-state index in [1.807, 2.05) is 13.8 Å². The number of fused-ring (bicyclic) bond motifs is 1. The number of hydrogen-bond acceptors (Lipinski definition) is 4. The van der Waals surface area contributed by atoms with Gasteiger partial charge in [-0.1, -0.05) is 6.07 Å². The summed E-state index contributed by atoms with van der Waals surface area (Å²) in [7, 11) is 0. The lowest BCUT2D eigenvalue weighted by molar-refractivity contribution is -0.116. The van der Waals surface area contributed by atoms with Crippen LogP contribution < -0.4 is 10.9 Å². The number of aromatic nitrogens is 2. The van der Waals surface area contributed by atoms with Crippen LogP contribution in [0.1, 0.15) is 24.2 Å². The van der Waals surface area contributed by atoms with Gasteiger partial charge in [-0.05, 0) is 44.2 Å². The zero-order chi connectivity index (χ0) is 21.0. The van der Waals surface area contributed by atoms with Gasteiger partial charge in [-0.15, -0.1) is 0 Å². The Morgan fingerprint density at radius 2 is 1.90 bits per heavy atom. The third kappa shape index (κ3) is 4.48. The molecule has 2 amide bonds. The Bertz CT molecular complexity index is 1120. The van der Waals surface area contributed by atoms with E-state index in [0.29, 0.717) is 24.3 Å². The van der Waals surface area contributed by atoms with Crippen LogP contribution in [0.3, 0.4) is 0 Å². The lowest BCUT2D eigenvalue weighted by Gasteiger charge is -2.19. The Morgan fingerprint density at radius 1 is 1.14 bits per heavy atom. The van der Waals surface area contributed by atoms with Gasteiger partial charge in [0, 0.05) is 30.4 Å². The van der Waals surface area contributed by atoms with Crippen LogP contribution in [-0.2, 0) is 11.3 Å². The summed E-state index contributed by atoms with van der Waals surface area (Å²) < 4.78 is 14.4. The SMILES string of the molecule is CCN(CC)C(=O)c1cccc(NC(=O)Cn2cnc3cc(F)ccc3c2=O)c1. The van der Waals surface area contributed by atoms with Gasteiger partial charge in [0.1, 0.15) is 12.4 Å². The maximum absolute atomic E-state index is 13.3. The summed E-state index contributed by atoms with van der Waals surface area (Å²) in [6.45, 7) is 4.72. The number of nitrogens with zero attached hydrogens (tertiary/aromatic N) is 3. The Hall–Kier alpha value is -3.55. The minimum atomic E-state index is -0.487. The highest BCUT2D eigenvalue weighted by molar-refractivity contribution is 5.97. The standard InChI is InChI=1S/C21H21FN4O3/c1-3-25(4-2)20(28)14-6-5-7-16(10-14)24-19(27)12-26-13-23-18-11-15(22)8-9-17(18)21(26)29/h5-11,13H,3-4,12H2,1-2H3,(H,24,27). The van der Waals surface area contributed by atoms with Crippen molar-refractivity contribution < 1.29 is 14.0 Å². The average molecular weight is 396 g/mol. The number of carbonyl (C=O) groups is 2. The van der Waals surface area contributed by atoms with Gasteiger partial charge in [-0.25, -0.2) is 9.37 Å². The van der Waals surface area contributed by atoms with Crippen LogP contribution in [0, 0.1) is 5.82 Å². The molecule has 29 heavy (non-hydrogen) atoms. The zero-order valence-corrected chi connectivity index (χ0v) is 16.2. The highest BCUT2D eigenvalue weighted by atomic mass is 19.1. The molecule has 0 unspecified atom stereocenters. The third-order valence-electron chi connectivity index (χ3n) is 4.55. The van der Waals surface area contributed by atoms with E-state index in [1.165, 1.54) is 24.5 Å². The van der Waals surface area contributed by atoms with E-state index < -0.39 is 17.3 Å². The summed E-state index contributed by atoms with van der Waals surface area (Å²) in [6, 6.07) is 10.3. The molecule has 0 saturated heterocycles. The molecule has 2 aromatic carbocycles. The van der Waals surface area contributed by atoms with Gasteiger partial charge in [-0.3, -0.25) is 19.0 Å². The van der Waals surface area contributed by atoms with Gasteiger partial charge in [0.15, 0.2) is 0 Å². The van der Waals surface area contributed by atoms with Crippen molar-refractivity contribution in [1.29, 1.82) is 0 Å². The van der Waals surface area contributed by atoms with E-state index in [2.05, 4.69) is 10.3 Å². The van der Waals surface area contributed by atoms with Crippen LogP contribution in [0.2, 0.25) is 0 Å². The molecule has 0 aliphatic rings. The van der Waals surface area contributed by atoms with E-state index in [0.717, 1.165) is 4.57 Å². The van der Waals surface area contributed by atoms with Crippen molar-refractivity contribution in [2.45, 2.75) is 20.4 Å². The van der Waals surface area contributed by atoms with Gasteiger partial charge < -0.3 is 10.2 Å². The summed E-state index contributed by atoms with van der Waals surface area (Å²) in [5.74, 6) is -1.05. The maximum Gasteiger partial charge on any atom is 0.261 e. The molecule has 0 fully saturated rings. The second-order valence-corrected chi connectivity index (χ2v) is 6.45. The fraction of sp³-hybridized carbons (Fsp3) is 0.238. The average Bonchev–Trinajstić information content (AvgIpc) is 2.71. The largest absolute Gasteiger partial charge is 0.339 e. The normalized spacial score (nSPS) is 10.7. The van der Waals surface area contributed by atoms with Crippen LogP contribution in [0.15, 0.2) is 53.6 Å². The lowest BCUT2D eigenvalue weighted by Crippen LogP contribution is -2.30. The number of carbonyl (C=O) groups excluding carboxylic acids is 2. The fourth-order valence-corrected chi connectivity index (χ4v) is 3.02. The summed E-state index contributed by atoms with van der Waals surface area (Å²) in [5.41, 5.74) is 0.722. The van der Waals surface area contributed by atoms with E-state index in [-0.39, 0.29) is 23.4 Å².